The molecule has 0 aromatic carbocycles. The molecule has 0 saturated carbocycles. The topological polar surface area (TPSA) is 110 Å². The summed E-state index contributed by atoms with van der Waals surface area (Å²) in [5.41, 5.74) is 0.390. The van der Waals surface area contributed by atoms with E-state index in [4.69, 9.17) is 9.52 Å². The van der Waals surface area contributed by atoms with Crippen LogP contribution in [0.5, 0.6) is 0 Å². The number of aromatic nitrogens is 1. The van der Waals surface area contributed by atoms with Gasteiger partial charge < -0.3 is 9.52 Å². The highest BCUT2D eigenvalue weighted by molar-refractivity contribution is 7.89. The van der Waals surface area contributed by atoms with E-state index >= 15 is 0 Å². The monoisotopic (exact) mass is 330 g/mol. The number of rotatable bonds is 5. The lowest BCUT2D eigenvalue weighted by molar-refractivity contribution is 0.0698. The van der Waals surface area contributed by atoms with Crippen LogP contribution in [0.2, 0.25) is 0 Å². The van der Waals surface area contributed by atoms with E-state index in [-0.39, 0.29) is 15.7 Å². The van der Waals surface area contributed by atoms with Crippen LogP contribution in [-0.2, 0) is 10.0 Å². The van der Waals surface area contributed by atoms with Gasteiger partial charge in [0, 0.05) is 0 Å². The maximum atomic E-state index is 12.4. The molecule has 9 heteroatoms. The Morgan fingerprint density at radius 3 is 2.67 bits per heavy atom. The maximum Gasteiger partial charge on any atom is 0.347 e. The summed E-state index contributed by atoms with van der Waals surface area (Å²) in [4.78, 5) is 14.7. The van der Waals surface area contributed by atoms with E-state index in [9.17, 15) is 13.2 Å². The number of hydrogen-bond acceptors (Lipinski definition) is 6. The summed E-state index contributed by atoms with van der Waals surface area (Å²) in [6, 6.07) is -0.704. The van der Waals surface area contributed by atoms with E-state index < -0.39 is 22.0 Å². The van der Waals surface area contributed by atoms with Crippen molar-refractivity contribution >= 4 is 27.3 Å². The van der Waals surface area contributed by atoms with Crippen LogP contribution < -0.4 is 4.72 Å². The minimum atomic E-state index is -3.98. The number of thiophene rings is 1. The largest absolute Gasteiger partial charge is 0.477 e. The summed E-state index contributed by atoms with van der Waals surface area (Å²) in [6.45, 7) is 4.83. The second kappa shape index (κ2) is 5.58. The molecule has 0 saturated heterocycles. The van der Waals surface area contributed by atoms with Gasteiger partial charge in [-0.15, -0.1) is 11.3 Å². The molecule has 1 atom stereocenters. The quantitative estimate of drug-likeness (QED) is 0.868. The number of nitrogens with one attached hydrogen (secondary N) is 1. The lowest BCUT2D eigenvalue weighted by atomic mass is 10.3. The number of carbonyl (C=O) groups is 1. The zero-order valence-corrected chi connectivity index (χ0v) is 13.2. The molecule has 2 aromatic heterocycles. The Labute approximate surface area is 125 Å². The molecule has 0 aliphatic carbocycles. The Hall–Kier alpha value is -1.71. The zero-order chi connectivity index (χ0) is 15.8. The molecule has 1 unspecified atom stereocenters. The predicted octanol–water partition coefficient (Wildman–Crippen LogP) is 2.09. The number of hydrogen-bond donors (Lipinski definition) is 2. The van der Waals surface area contributed by atoms with Crippen LogP contribution in [0.3, 0.4) is 0 Å². The van der Waals surface area contributed by atoms with Gasteiger partial charge in [0.05, 0.1) is 12.2 Å². The minimum Gasteiger partial charge on any atom is -0.477 e. The second-order valence-corrected chi connectivity index (χ2v) is 7.06. The smallest absolute Gasteiger partial charge is 0.347 e. The van der Waals surface area contributed by atoms with Gasteiger partial charge in [0.15, 0.2) is 0 Å². The molecular weight excluding hydrogens is 316 g/mol. The van der Waals surface area contributed by atoms with Crippen molar-refractivity contribution in [2.75, 3.05) is 0 Å². The Morgan fingerprint density at radius 2 is 2.14 bits per heavy atom. The molecule has 0 spiro atoms. The molecule has 2 heterocycles. The summed E-state index contributed by atoms with van der Waals surface area (Å²) >= 11 is 0.880. The van der Waals surface area contributed by atoms with Crippen LogP contribution in [0.15, 0.2) is 20.9 Å². The Kier molecular flexibility index (Phi) is 4.17. The molecule has 0 radical (unpaired) electrons. The minimum absolute atomic E-state index is 0.212. The van der Waals surface area contributed by atoms with E-state index in [1.54, 1.807) is 20.8 Å². The molecule has 0 aliphatic heterocycles. The van der Waals surface area contributed by atoms with Crippen LogP contribution in [0.4, 0.5) is 0 Å². The first-order valence-electron chi connectivity index (χ1n) is 5.98. The van der Waals surface area contributed by atoms with Crippen molar-refractivity contribution < 1.29 is 22.7 Å². The van der Waals surface area contributed by atoms with E-state index in [1.165, 1.54) is 11.6 Å². The third-order valence-electron chi connectivity index (χ3n) is 2.72. The van der Waals surface area contributed by atoms with E-state index in [0.29, 0.717) is 11.3 Å². The van der Waals surface area contributed by atoms with Gasteiger partial charge in [-0.2, -0.15) is 4.72 Å². The van der Waals surface area contributed by atoms with Gasteiger partial charge in [-0.25, -0.2) is 18.2 Å². The molecule has 21 heavy (non-hydrogen) atoms. The van der Waals surface area contributed by atoms with E-state index in [0.717, 1.165) is 11.3 Å². The fourth-order valence-corrected chi connectivity index (χ4v) is 4.66. The van der Waals surface area contributed by atoms with Crippen LogP contribution in [0, 0.1) is 13.8 Å². The van der Waals surface area contributed by atoms with Gasteiger partial charge in [-0.1, -0.05) is 0 Å². The molecule has 7 nitrogen and oxygen atoms in total. The third-order valence-corrected chi connectivity index (χ3v) is 5.66. The maximum absolute atomic E-state index is 12.4. The number of sulfonamides is 1. The van der Waals surface area contributed by atoms with Crippen molar-refractivity contribution in [2.45, 2.75) is 31.7 Å². The SMILES string of the molecule is Cc1cnc(C(C)NS(=O)(=O)c2c(C)csc2C(=O)O)o1. The third kappa shape index (κ3) is 3.14. The molecule has 0 aliphatic rings. The van der Waals surface area contributed by atoms with Gasteiger partial charge in [-0.3, -0.25) is 0 Å². The number of carboxylic acid groups (broad SMARTS) is 1. The first kappa shape index (κ1) is 15.7. The van der Waals surface area contributed by atoms with Crippen molar-refractivity contribution in [1.29, 1.82) is 0 Å². The standard InChI is InChI=1S/C12H14N2O5S2/c1-6-5-20-9(12(15)16)10(6)21(17,18)14-8(3)11-13-4-7(2)19-11/h4-5,8,14H,1-3H3,(H,15,16). The highest BCUT2D eigenvalue weighted by Gasteiger charge is 2.29. The molecule has 114 valence electrons. The highest BCUT2D eigenvalue weighted by Crippen LogP contribution is 2.28. The Bertz CT molecular complexity index is 775. The Morgan fingerprint density at radius 1 is 1.48 bits per heavy atom. The van der Waals surface area contributed by atoms with E-state index in [2.05, 4.69) is 9.71 Å². The normalized spacial score (nSPS) is 13.3. The van der Waals surface area contributed by atoms with Crippen molar-refractivity contribution in [3.63, 3.8) is 0 Å². The van der Waals surface area contributed by atoms with Crippen LogP contribution >= 0.6 is 11.3 Å². The molecular formula is C12H14N2O5S2. The first-order chi connectivity index (χ1) is 9.72. The van der Waals surface area contributed by atoms with Crippen LogP contribution in [-0.4, -0.2) is 24.5 Å². The van der Waals surface area contributed by atoms with Gasteiger partial charge in [0.2, 0.25) is 15.9 Å². The van der Waals surface area contributed by atoms with Gasteiger partial charge in [0.1, 0.15) is 15.5 Å². The molecule has 2 N–H and O–H groups in total. The molecule has 0 bridgehead atoms. The van der Waals surface area contributed by atoms with Crippen molar-refractivity contribution in [1.82, 2.24) is 9.71 Å². The second-order valence-electron chi connectivity index (χ2n) is 4.53. The first-order valence-corrected chi connectivity index (χ1v) is 8.34. The summed E-state index contributed by atoms with van der Waals surface area (Å²) in [5, 5.41) is 10.6. The summed E-state index contributed by atoms with van der Waals surface area (Å²) in [7, 11) is -3.98. The summed E-state index contributed by atoms with van der Waals surface area (Å²) < 4.78 is 32.4. The average Bonchev–Trinajstić information content (AvgIpc) is 2.95. The lowest BCUT2D eigenvalue weighted by Gasteiger charge is -2.12. The van der Waals surface area contributed by atoms with Gasteiger partial charge >= 0.3 is 5.97 Å². The molecule has 0 amide bonds. The lowest BCUT2D eigenvalue weighted by Crippen LogP contribution is -2.28. The summed E-state index contributed by atoms with van der Waals surface area (Å²) in [6.07, 6.45) is 1.48. The number of oxazole rings is 1. The van der Waals surface area contributed by atoms with Gasteiger partial charge in [0.25, 0.3) is 0 Å². The van der Waals surface area contributed by atoms with Crippen molar-refractivity contribution in [3.8, 4) is 0 Å². The number of aromatic carboxylic acids is 1. The highest BCUT2D eigenvalue weighted by atomic mass is 32.2. The number of aryl methyl sites for hydroxylation is 2. The van der Waals surface area contributed by atoms with Crippen molar-refractivity contribution in [3.05, 3.63) is 33.7 Å². The zero-order valence-electron chi connectivity index (χ0n) is 11.6. The average molecular weight is 330 g/mol. The van der Waals surface area contributed by atoms with Crippen molar-refractivity contribution in [2.24, 2.45) is 0 Å². The predicted molar refractivity (Wildman–Crippen MR) is 76.0 cm³/mol. The molecule has 2 aromatic rings. The number of nitrogens with zero attached hydrogens (tertiary/aromatic N) is 1. The summed E-state index contributed by atoms with van der Waals surface area (Å²) in [5.74, 6) is -0.483. The fourth-order valence-electron chi connectivity index (χ4n) is 1.83. The molecule has 2 rings (SSSR count). The van der Waals surface area contributed by atoms with Crippen LogP contribution in [0.1, 0.15) is 39.9 Å². The van der Waals surface area contributed by atoms with E-state index in [1.807, 2.05) is 0 Å². The van der Waals surface area contributed by atoms with Gasteiger partial charge in [-0.05, 0) is 31.7 Å². The fraction of sp³-hybridized carbons (Fsp3) is 0.333. The molecule has 0 fully saturated rings. The Balaban J connectivity index is 2.35. The van der Waals surface area contributed by atoms with Crippen LogP contribution in [0.25, 0.3) is 0 Å². The number of carboxylic acids is 1.